The number of urea groups is 1. The summed E-state index contributed by atoms with van der Waals surface area (Å²) >= 11 is 0. The van der Waals surface area contributed by atoms with Crippen LogP contribution in [0.5, 0.6) is 0 Å². The van der Waals surface area contributed by atoms with Crippen LogP contribution in [0.25, 0.3) is 5.70 Å². The number of hydrogen-bond donors (Lipinski definition) is 5. The lowest BCUT2D eigenvalue weighted by Crippen LogP contribution is -2.59. The summed E-state index contributed by atoms with van der Waals surface area (Å²) < 4.78 is 13.4. The molecule has 43 heavy (non-hydrogen) atoms. The highest BCUT2D eigenvalue weighted by Crippen LogP contribution is 2.37. The summed E-state index contributed by atoms with van der Waals surface area (Å²) in [6.45, 7) is 16.5. The van der Waals surface area contributed by atoms with Crippen LogP contribution in [0.3, 0.4) is 0 Å². The minimum atomic E-state index is -0.758. The van der Waals surface area contributed by atoms with Gasteiger partial charge in [-0.2, -0.15) is 0 Å². The molecule has 2 aliphatic heterocycles. The lowest BCUT2D eigenvalue weighted by atomic mass is 9.85. The Balaban J connectivity index is 0.00000316. The Morgan fingerprint density at radius 2 is 1.70 bits per heavy atom. The Kier molecular flexibility index (Phi) is 12.8. The summed E-state index contributed by atoms with van der Waals surface area (Å²) in [5.41, 5.74) is 6.68. The van der Waals surface area contributed by atoms with Gasteiger partial charge >= 0.3 is 6.03 Å². The van der Waals surface area contributed by atoms with Crippen molar-refractivity contribution in [1.82, 2.24) is 30.8 Å². The van der Waals surface area contributed by atoms with Crippen LogP contribution in [0.1, 0.15) is 67.4 Å². The fourth-order valence-electron chi connectivity index (χ4n) is 5.62. The molecule has 11 nitrogen and oxygen atoms in total. The van der Waals surface area contributed by atoms with Crippen LogP contribution in [0, 0.1) is 17.2 Å². The third-order valence-corrected chi connectivity index (χ3v) is 7.84. The van der Waals surface area contributed by atoms with Crippen molar-refractivity contribution in [2.45, 2.75) is 92.0 Å². The number of nitrogens with two attached hydrogens (primary N) is 2. The van der Waals surface area contributed by atoms with E-state index in [1.54, 1.807) is 37.2 Å². The average Bonchev–Trinajstić information content (AvgIpc) is 3.52. The zero-order chi connectivity index (χ0) is 32.6. The van der Waals surface area contributed by atoms with Gasteiger partial charge in [0.1, 0.15) is 11.9 Å². The molecule has 2 heterocycles. The Bertz CT molecular complexity index is 1120. The summed E-state index contributed by atoms with van der Waals surface area (Å²) in [4.78, 5) is 43.7. The van der Waals surface area contributed by atoms with E-state index >= 15 is 0 Å². The zero-order valence-electron chi connectivity index (χ0n) is 27.3. The second-order valence-electron chi connectivity index (χ2n) is 12.5. The molecule has 242 valence electrons. The largest absolute Gasteiger partial charge is 0.397 e. The molecule has 1 aromatic rings. The number of nitrogens with zero attached hydrogens (tertiary/aromatic N) is 3. The lowest BCUT2D eigenvalue weighted by Gasteiger charge is -2.37. The summed E-state index contributed by atoms with van der Waals surface area (Å²) in [5.74, 6) is 5.41. The van der Waals surface area contributed by atoms with E-state index < -0.39 is 17.5 Å². The van der Waals surface area contributed by atoms with Crippen molar-refractivity contribution < 1.29 is 18.8 Å². The van der Waals surface area contributed by atoms with Crippen LogP contribution >= 0.6 is 0 Å². The molecule has 0 radical (unpaired) electrons. The number of rotatable bonds is 9. The van der Waals surface area contributed by atoms with E-state index in [0.29, 0.717) is 37.3 Å². The van der Waals surface area contributed by atoms with E-state index in [2.05, 4.69) is 16.0 Å². The highest BCUT2D eigenvalue weighted by atomic mass is 19.1. The van der Waals surface area contributed by atoms with Gasteiger partial charge in [-0.05, 0) is 69.5 Å². The maximum absolute atomic E-state index is 14.1. The normalized spacial score (nSPS) is 21.5. The minimum absolute atomic E-state index is 0.0433. The number of hydrogen-bond acceptors (Lipinski definition) is 7. The zero-order valence-corrected chi connectivity index (χ0v) is 27.3. The van der Waals surface area contributed by atoms with E-state index in [9.17, 15) is 18.8 Å². The molecule has 1 aromatic carbocycles. The number of carbonyl (C=O) groups is 3. The Morgan fingerprint density at radius 3 is 2.23 bits per heavy atom. The van der Waals surface area contributed by atoms with E-state index in [0.717, 1.165) is 0 Å². The first-order valence-corrected chi connectivity index (χ1v) is 15.2. The van der Waals surface area contributed by atoms with Gasteiger partial charge in [0, 0.05) is 37.8 Å². The fraction of sp³-hybridized carbons (Fsp3) is 0.645. The van der Waals surface area contributed by atoms with Crippen molar-refractivity contribution in [3.63, 3.8) is 0 Å². The molecule has 12 heteroatoms. The van der Waals surface area contributed by atoms with E-state index in [-0.39, 0.29) is 47.7 Å². The number of likely N-dealkylation sites (tertiary alicyclic amines) is 2. The minimum Gasteiger partial charge on any atom is -0.397 e. The lowest BCUT2D eigenvalue weighted by molar-refractivity contribution is -0.141. The number of hydrazine groups is 1. The van der Waals surface area contributed by atoms with E-state index in [4.69, 9.17) is 11.6 Å². The number of carbonyl (C=O) groups excluding carboxylic acids is 3. The Hall–Kier alpha value is -3.38. The van der Waals surface area contributed by atoms with Crippen LogP contribution in [-0.4, -0.2) is 89.5 Å². The van der Waals surface area contributed by atoms with Crippen molar-refractivity contribution in [2.24, 2.45) is 22.9 Å². The summed E-state index contributed by atoms with van der Waals surface area (Å²) in [5, 5.41) is 10.3. The SMILES string of the molecule is CC.CN[C@@H](C)C(=O)N[C@H](C(=O)N1CCC2[C@H]1[C@@H](CN(N)/C=C(\N)c1ccc(F)cc1)CN2C(=O)NC(C)C)C(C)(C)C. The van der Waals surface area contributed by atoms with Gasteiger partial charge in [0.15, 0.2) is 0 Å². The highest BCUT2D eigenvalue weighted by Gasteiger charge is 2.53. The fourth-order valence-corrected chi connectivity index (χ4v) is 5.62. The molecule has 5 atom stereocenters. The number of nitrogens with one attached hydrogen (secondary N) is 3. The van der Waals surface area contributed by atoms with Gasteiger partial charge in [-0.15, -0.1) is 0 Å². The molecule has 2 aliphatic rings. The quantitative estimate of drug-likeness (QED) is 0.215. The number of amides is 4. The summed E-state index contributed by atoms with van der Waals surface area (Å²) in [7, 11) is 1.69. The number of benzene rings is 1. The third kappa shape index (κ3) is 9.06. The molecule has 2 saturated heterocycles. The van der Waals surface area contributed by atoms with Crippen molar-refractivity contribution in [3.8, 4) is 0 Å². The molecular weight excluding hydrogens is 551 g/mol. The molecule has 4 amide bonds. The number of likely N-dealkylation sites (N-methyl/N-ethyl adjacent to an activating group) is 1. The van der Waals surface area contributed by atoms with E-state index in [1.807, 2.05) is 53.4 Å². The maximum atomic E-state index is 14.1. The van der Waals surface area contributed by atoms with Crippen molar-refractivity contribution in [3.05, 3.63) is 41.8 Å². The second-order valence-corrected chi connectivity index (χ2v) is 12.5. The van der Waals surface area contributed by atoms with Gasteiger partial charge in [-0.25, -0.2) is 15.0 Å². The standard InChI is InChI=1S/C29H47FN8O3.C2H6/c1-17(2)34-28(41)38-15-20(14-36(32)16-22(31)19-8-10-21(30)11-9-19)24-23(38)12-13-37(24)27(40)25(29(4,5)6)35-26(39)18(3)33-7;1-2/h8-11,16-18,20,23-25,33H,12-15,31-32H2,1-7H3,(H,34,41)(H,35,39);1-2H3/b22-16-;/t18-,20-,23?,24+,25+;/m0./s1. The van der Waals surface area contributed by atoms with Gasteiger partial charge in [-0.1, -0.05) is 34.6 Å². The summed E-state index contributed by atoms with van der Waals surface area (Å²) in [6, 6.07) is 3.87. The molecule has 0 spiro atoms. The third-order valence-electron chi connectivity index (χ3n) is 7.84. The number of fused-ring (bicyclic) bond motifs is 1. The van der Waals surface area contributed by atoms with Gasteiger partial charge < -0.3 is 36.5 Å². The van der Waals surface area contributed by atoms with Crippen LogP contribution < -0.4 is 27.5 Å². The van der Waals surface area contributed by atoms with Crippen molar-refractivity contribution >= 4 is 23.5 Å². The predicted octanol–water partition coefficient (Wildman–Crippen LogP) is 2.44. The Morgan fingerprint density at radius 1 is 1.09 bits per heavy atom. The maximum Gasteiger partial charge on any atom is 0.317 e. The molecule has 2 fully saturated rings. The van der Waals surface area contributed by atoms with Gasteiger partial charge in [0.05, 0.1) is 23.8 Å². The van der Waals surface area contributed by atoms with Gasteiger partial charge in [0.2, 0.25) is 11.8 Å². The van der Waals surface area contributed by atoms with Crippen molar-refractivity contribution in [1.29, 1.82) is 0 Å². The molecule has 7 N–H and O–H groups in total. The summed E-state index contributed by atoms with van der Waals surface area (Å²) in [6.07, 6.45) is 2.20. The van der Waals surface area contributed by atoms with Crippen LogP contribution in [0.4, 0.5) is 9.18 Å². The Labute approximate surface area is 256 Å². The first kappa shape index (κ1) is 35.8. The van der Waals surface area contributed by atoms with Crippen molar-refractivity contribution in [2.75, 3.05) is 26.7 Å². The molecule has 0 saturated carbocycles. The monoisotopic (exact) mass is 604 g/mol. The molecule has 3 rings (SSSR count). The molecule has 0 aromatic heterocycles. The molecule has 1 unspecified atom stereocenters. The van der Waals surface area contributed by atoms with E-state index in [1.165, 1.54) is 17.1 Å². The highest BCUT2D eigenvalue weighted by molar-refractivity contribution is 5.90. The van der Waals surface area contributed by atoms with Gasteiger partial charge in [0.25, 0.3) is 0 Å². The first-order chi connectivity index (χ1) is 20.1. The smallest absolute Gasteiger partial charge is 0.317 e. The first-order valence-electron chi connectivity index (χ1n) is 15.2. The molecular formula is C31H53FN8O3. The molecule has 0 bridgehead atoms. The predicted molar refractivity (Wildman–Crippen MR) is 168 cm³/mol. The van der Waals surface area contributed by atoms with Gasteiger partial charge in [-0.3, -0.25) is 9.59 Å². The molecule has 0 aliphatic carbocycles. The topological polar surface area (TPSA) is 149 Å². The van der Waals surface area contributed by atoms with Crippen LogP contribution in [0.2, 0.25) is 0 Å². The van der Waals surface area contributed by atoms with Crippen LogP contribution in [-0.2, 0) is 9.59 Å². The van der Waals surface area contributed by atoms with Crippen LogP contribution in [0.15, 0.2) is 30.5 Å². The number of halogens is 1. The second kappa shape index (κ2) is 15.4. The average molecular weight is 605 g/mol.